The van der Waals surface area contributed by atoms with Crippen LogP contribution in [0.15, 0.2) is 5.11 Å². The van der Waals surface area contributed by atoms with Crippen LogP contribution in [0.5, 0.6) is 0 Å². The van der Waals surface area contributed by atoms with Gasteiger partial charge in [0, 0.05) is 30.0 Å². The lowest BCUT2D eigenvalue weighted by molar-refractivity contribution is -0.137. The Bertz CT molecular complexity index is 518. The van der Waals surface area contributed by atoms with Gasteiger partial charge in [0.2, 0.25) is 0 Å². The fourth-order valence-electron chi connectivity index (χ4n) is 3.39. The zero-order chi connectivity index (χ0) is 20.3. The number of nitrogens with zero attached hydrogens (tertiary/aromatic N) is 4. The molecule has 1 aliphatic rings. The Morgan fingerprint density at radius 3 is 2.26 bits per heavy atom. The molecule has 0 bridgehead atoms. The van der Waals surface area contributed by atoms with Crippen molar-refractivity contribution in [1.29, 1.82) is 0 Å². The van der Waals surface area contributed by atoms with Gasteiger partial charge in [0.1, 0.15) is 5.60 Å². The zero-order valence-electron chi connectivity index (χ0n) is 16.9. The molecule has 1 saturated carbocycles. The first-order chi connectivity index (χ1) is 12.7. The summed E-state index contributed by atoms with van der Waals surface area (Å²) in [7, 11) is 0. The molecular formula is C19H34N4O4. The topological polar surface area (TPSA) is 116 Å². The Hall–Kier alpha value is -1.95. The van der Waals surface area contributed by atoms with E-state index in [9.17, 15) is 9.59 Å². The molecule has 0 spiro atoms. The summed E-state index contributed by atoms with van der Waals surface area (Å²) in [6, 6.07) is 0.151. The van der Waals surface area contributed by atoms with Gasteiger partial charge in [-0.1, -0.05) is 24.4 Å². The molecule has 0 aromatic rings. The normalized spacial score (nSPS) is 19.8. The number of carboxylic acids is 1. The van der Waals surface area contributed by atoms with Crippen LogP contribution in [0.25, 0.3) is 10.4 Å². The Morgan fingerprint density at radius 1 is 1.11 bits per heavy atom. The molecule has 0 aliphatic heterocycles. The minimum absolute atomic E-state index is 0.0287. The largest absolute Gasteiger partial charge is 0.481 e. The Morgan fingerprint density at radius 2 is 1.70 bits per heavy atom. The van der Waals surface area contributed by atoms with Gasteiger partial charge in [-0.05, 0) is 64.8 Å². The molecule has 0 aromatic carbocycles. The van der Waals surface area contributed by atoms with Crippen LogP contribution in [-0.2, 0) is 9.53 Å². The molecule has 0 radical (unpaired) electrons. The third-order valence-corrected chi connectivity index (χ3v) is 4.74. The monoisotopic (exact) mass is 382 g/mol. The fourth-order valence-corrected chi connectivity index (χ4v) is 3.39. The van der Waals surface area contributed by atoms with Crippen molar-refractivity contribution in [2.75, 3.05) is 6.54 Å². The molecule has 0 unspecified atom stereocenters. The zero-order valence-corrected chi connectivity index (χ0v) is 16.9. The van der Waals surface area contributed by atoms with Gasteiger partial charge < -0.3 is 14.7 Å². The summed E-state index contributed by atoms with van der Waals surface area (Å²) < 4.78 is 5.59. The van der Waals surface area contributed by atoms with E-state index in [1.54, 1.807) is 0 Å². The Kier molecular flexibility index (Phi) is 10.0. The van der Waals surface area contributed by atoms with Crippen LogP contribution in [0.3, 0.4) is 0 Å². The number of hydrogen-bond donors (Lipinski definition) is 1. The molecule has 1 fully saturated rings. The number of carbonyl (C=O) groups is 2. The number of rotatable bonds is 10. The minimum Gasteiger partial charge on any atom is -0.481 e. The van der Waals surface area contributed by atoms with E-state index in [1.165, 1.54) is 0 Å². The molecule has 1 amide bonds. The van der Waals surface area contributed by atoms with Crippen molar-refractivity contribution in [2.24, 2.45) is 5.11 Å². The van der Waals surface area contributed by atoms with Crippen molar-refractivity contribution in [3.63, 3.8) is 0 Å². The quantitative estimate of drug-likeness (QED) is 0.240. The lowest BCUT2D eigenvalue weighted by atomic mass is 9.90. The van der Waals surface area contributed by atoms with Gasteiger partial charge >= 0.3 is 12.1 Å². The standard InChI is InChI=1S/C19H34N4O4/c1-19(2,3)27-18(26)23(14-8-6-4-5-7-9-17(24)25)16-12-10-15(11-13-16)21-22-20/h15-16H,4-14H2,1-3H3,(H,24,25)/t15-,16+. The third kappa shape index (κ3) is 10.1. The summed E-state index contributed by atoms with van der Waals surface area (Å²) in [6.45, 7) is 6.24. The second-order valence-electron chi connectivity index (χ2n) is 8.25. The second kappa shape index (κ2) is 11.7. The Balaban J connectivity index is 2.50. The number of ether oxygens (including phenoxy) is 1. The van der Waals surface area contributed by atoms with E-state index >= 15 is 0 Å². The molecule has 0 aromatic heterocycles. The number of amides is 1. The lowest BCUT2D eigenvalue weighted by Gasteiger charge is -2.37. The van der Waals surface area contributed by atoms with Crippen LogP contribution in [0.1, 0.15) is 85.0 Å². The number of unbranched alkanes of at least 4 members (excludes halogenated alkanes) is 4. The van der Waals surface area contributed by atoms with Crippen molar-refractivity contribution >= 4 is 12.1 Å². The van der Waals surface area contributed by atoms with Crippen molar-refractivity contribution in [2.45, 2.75) is 103 Å². The Labute approximate surface area is 161 Å². The van der Waals surface area contributed by atoms with E-state index in [1.807, 2.05) is 25.7 Å². The predicted molar refractivity (Wildman–Crippen MR) is 103 cm³/mol. The predicted octanol–water partition coefficient (Wildman–Crippen LogP) is 5.27. The van der Waals surface area contributed by atoms with E-state index in [0.717, 1.165) is 51.4 Å². The molecular weight excluding hydrogens is 348 g/mol. The van der Waals surface area contributed by atoms with Crippen molar-refractivity contribution in [3.8, 4) is 0 Å². The van der Waals surface area contributed by atoms with E-state index in [0.29, 0.717) is 13.0 Å². The molecule has 27 heavy (non-hydrogen) atoms. The highest BCUT2D eigenvalue weighted by Crippen LogP contribution is 2.27. The molecule has 0 saturated heterocycles. The van der Waals surface area contributed by atoms with Crippen molar-refractivity contribution < 1.29 is 19.4 Å². The second-order valence-corrected chi connectivity index (χ2v) is 8.25. The molecule has 1 N–H and O–H groups in total. The summed E-state index contributed by atoms with van der Waals surface area (Å²) in [6.07, 6.45) is 7.59. The average Bonchev–Trinajstić information content (AvgIpc) is 2.57. The number of hydrogen-bond acceptors (Lipinski definition) is 4. The van der Waals surface area contributed by atoms with E-state index in [-0.39, 0.29) is 24.6 Å². The van der Waals surface area contributed by atoms with E-state index in [2.05, 4.69) is 10.0 Å². The SMILES string of the molecule is CC(C)(C)OC(=O)N(CCCCCCCC(=O)O)[C@H]1CC[C@@H](N=[N+]=[N-])CC1. The van der Waals surface area contributed by atoms with Crippen molar-refractivity contribution in [1.82, 2.24) is 4.90 Å². The highest BCUT2D eigenvalue weighted by Gasteiger charge is 2.31. The van der Waals surface area contributed by atoms with Gasteiger partial charge in [-0.2, -0.15) is 0 Å². The molecule has 1 rings (SSSR count). The molecule has 1 aliphatic carbocycles. The molecule has 0 heterocycles. The number of azide groups is 1. The van der Waals surface area contributed by atoms with Crippen LogP contribution in [-0.4, -0.2) is 46.3 Å². The van der Waals surface area contributed by atoms with Crippen LogP contribution in [0.2, 0.25) is 0 Å². The van der Waals surface area contributed by atoms with E-state index < -0.39 is 11.6 Å². The summed E-state index contributed by atoms with van der Waals surface area (Å²) in [5.41, 5.74) is 8.05. The van der Waals surface area contributed by atoms with Crippen LogP contribution >= 0.6 is 0 Å². The number of aliphatic carboxylic acids is 1. The summed E-state index contributed by atoms with van der Waals surface area (Å²) in [4.78, 5) is 27.9. The number of carboxylic acid groups (broad SMARTS) is 1. The number of carbonyl (C=O) groups excluding carboxylic acids is 1. The lowest BCUT2D eigenvalue weighted by Crippen LogP contribution is -2.45. The average molecular weight is 383 g/mol. The molecule has 154 valence electrons. The maximum Gasteiger partial charge on any atom is 0.410 e. The highest BCUT2D eigenvalue weighted by atomic mass is 16.6. The van der Waals surface area contributed by atoms with E-state index in [4.69, 9.17) is 15.4 Å². The van der Waals surface area contributed by atoms with Crippen molar-refractivity contribution in [3.05, 3.63) is 10.4 Å². The van der Waals surface area contributed by atoms with Gasteiger partial charge in [-0.15, -0.1) is 0 Å². The first-order valence-corrected chi connectivity index (χ1v) is 9.98. The van der Waals surface area contributed by atoms with Gasteiger partial charge in [-0.3, -0.25) is 4.79 Å². The third-order valence-electron chi connectivity index (χ3n) is 4.74. The fraction of sp³-hybridized carbons (Fsp3) is 0.895. The minimum atomic E-state index is -0.748. The molecule has 0 atom stereocenters. The summed E-state index contributed by atoms with van der Waals surface area (Å²) in [5.74, 6) is -0.748. The summed E-state index contributed by atoms with van der Waals surface area (Å²) in [5, 5.41) is 12.5. The van der Waals surface area contributed by atoms with Crippen LogP contribution in [0, 0.1) is 0 Å². The highest BCUT2D eigenvalue weighted by molar-refractivity contribution is 5.68. The van der Waals surface area contributed by atoms with Gasteiger partial charge in [0.25, 0.3) is 0 Å². The maximum absolute atomic E-state index is 12.7. The van der Waals surface area contributed by atoms with Crippen LogP contribution < -0.4 is 0 Å². The first kappa shape index (κ1) is 23.1. The first-order valence-electron chi connectivity index (χ1n) is 9.98. The maximum atomic E-state index is 12.7. The van der Waals surface area contributed by atoms with Gasteiger partial charge in [0.05, 0.1) is 0 Å². The van der Waals surface area contributed by atoms with Crippen LogP contribution in [0.4, 0.5) is 4.79 Å². The van der Waals surface area contributed by atoms with Gasteiger partial charge in [-0.25, -0.2) is 4.79 Å². The smallest absolute Gasteiger partial charge is 0.410 e. The summed E-state index contributed by atoms with van der Waals surface area (Å²) >= 11 is 0. The molecule has 8 nitrogen and oxygen atoms in total. The van der Waals surface area contributed by atoms with Gasteiger partial charge in [0.15, 0.2) is 0 Å². The molecule has 8 heteroatoms.